The number of nitrogens with zero attached hydrogens (tertiary/aromatic N) is 3. The summed E-state index contributed by atoms with van der Waals surface area (Å²) in [6.07, 6.45) is 6.05. The van der Waals surface area contributed by atoms with Gasteiger partial charge in [0.05, 0.1) is 12.7 Å². The van der Waals surface area contributed by atoms with Gasteiger partial charge in [0.15, 0.2) is 0 Å². The molecule has 2 saturated heterocycles. The van der Waals surface area contributed by atoms with Gasteiger partial charge in [-0.3, -0.25) is 9.69 Å². The minimum atomic E-state index is 0.323. The van der Waals surface area contributed by atoms with Crippen LogP contribution in [0.5, 0.6) is 0 Å². The second kappa shape index (κ2) is 9.23. The van der Waals surface area contributed by atoms with E-state index in [1.165, 1.54) is 25.7 Å². The van der Waals surface area contributed by atoms with Crippen LogP contribution in [-0.2, 0) is 9.53 Å². The molecule has 2 aliphatic heterocycles. The standard InChI is InChI=1S/C22H41N3O2/c1-18(2)24-9-5-20(6-10-24)15-21(26)25-13-11-23(12-14-25)16-22(7-8-22)17-27-19(3)4/h18-20H,5-17H2,1-4H3. The number of rotatable bonds is 8. The summed E-state index contributed by atoms with van der Waals surface area (Å²) in [7, 11) is 0. The third kappa shape index (κ3) is 6.16. The number of piperazine rings is 1. The molecule has 2 heterocycles. The minimum absolute atomic E-state index is 0.323. The summed E-state index contributed by atoms with van der Waals surface area (Å²) in [5, 5.41) is 0. The fraction of sp³-hybridized carbons (Fsp3) is 0.955. The Bertz CT molecular complexity index is 474. The van der Waals surface area contributed by atoms with Crippen LogP contribution in [0.15, 0.2) is 0 Å². The molecule has 0 N–H and O–H groups in total. The number of carbonyl (C=O) groups excluding carboxylic acids is 1. The average molecular weight is 380 g/mol. The molecule has 1 saturated carbocycles. The number of ether oxygens (including phenoxy) is 1. The zero-order chi connectivity index (χ0) is 19.4. The predicted molar refractivity (Wildman–Crippen MR) is 110 cm³/mol. The van der Waals surface area contributed by atoms with Crippen molar-refractivity contribution in [1.82, 2.24) is 14.7 Å². The Morgan fingerprint density at radius 2 is 1.63 bits per heavy atom. The maximum absolute atomic E-state index is 12.7. The largest absolute Gasteiger partial charge is 0.378 e. The van der Waals surface area contributed by atoms with Crippen molar-refractivity contribution in [3.05, 3.63) is 0 Å². The second-order valence-electron chi connectivity index (χ2n) is 9.79. The quantitative estimate of drug-likeness (QED) is 0.650. The summed E-state index contributed by atoms with van der Waals surface area (Å²) in [5.74, 6) is 0.982. The number of piperidine rings is 1. The number of hydrogen-bond acceptors (Lipinski definition) is 4. The van der Waals surface area contributed by atoms with Crippen LogP contribution in [0.4, 0.5) is 0 Å². The van der Waals surface area contributed by atoms with Crippen molar-refractivity contribution < 1.29 is 9.53 Å². The van der Waals surface area contributed by atoms with E-state index in [1.807, 2.05) is 0 Å². The van der Waals surface area contributed by atoms with Crippen molar-refractivity contribution in [1.29, 1.82) is 0 Å². The van der Waals surface area contributed by atoms with E-state index in [1.54, 1.807) is 0 Å². The first kappa shape index (κ1) is 21.1. The molecule has 0 spiro atoms. The topological polar surface area (TPSA) is 36.0 Å². The lowest BCUT2D eigenvalue weighted by atomic mass is 9.92. The molecule has 3 fully saturated rings. The van der Waals surface area contributed by atoms with Gasteiger partial charge in [0, 0.05) is 50.6 Å². The molecule has 0 aromatic heterocycles. The molecule has 0 unspecified atom stereocenters. The first-order valence-electron chi connectivity index (χ1n) is 11.2. The first-order chi connectivity index (χ1) is 12.9. The van der Waals surface area contributed by atoms with Gasteiger partial charge in [0.2, 0.25) is 5.91 Å². The van der Waals surface area contributed by atoms with Crippen LogP contribution in [0.3, 0.4) is 0 Å². The summed E-state index contributed by atoms with van der Waals surface area (Å²) in [6.45, 7) is 17.0. The monoisotopic (exact) mass is 379 g/mol. The van der Waals surface area contributed by atoms with Crippen molar-refractivity contribution in [2.75, 3.05) is 52.4 Å². The van der Waals surface area contributed by atoms with Gasteiger partial charge in [-0.05, 0) is 72.4 Å². The molecule has 5 heteroatoms. The van der Waals surface area contributed by atoms with Crippen molar-refractivity contribution in [3.8, 4) is 0 Å². The number of likely N-dealkylation sites (tertiary alicyclic amines) is 1. The van der Waals surface area contributed by atoms with Crippen molar-refractivity contribution >= 4 is 5.91 Å². The van der Waals surface area contributed by atoms with Gasteiger partial charge in [-0.15, -0.1) is 0 Å². The highest BCUT2D eigenvalue weighted by atomic mass is 16.5. The molecular weight excluding hydrogens is 338 g/mol. The Hall–Kier alpha value is -0.650. The highest BCUT2D eigenvalue weighted by Gasteiger charge is 2.44. The lowest BCUT2D eigenvalue weighted by Gasteiger charge is -2.38. The van der Waals surface area contributed by atoms with E-state index in [0.29, 0.717) is 29.4 Å². The van der Waals surface area contributed by atoms with Gasteiger partial charge in [0.1, 0.15) is 0 Å². The maximum atomic E-state index is 12.7. The van der Waals surface area contributed by atoms with E-state index in [9.17, 15) is 4.79 Å². The highest BCUT2D eigenvalue weighted by molar-refractivity contribution is 5.76. The van der Waals surface area contributed by atoms with Crippen molar-refractivity contribution in [2.24, 2.45) is 11.3 Å². The van der Waals surface area contributed by atoms with Crippen LogP contribution in [0, 0.1) is 11.3 Å². The Labute approximate surface area is 166 Å². The average Bonchev–Trinajstić information content (AvgIpc) is 3.41. The fourth-order valence-electron chi connectivity index (χ4n) is 4.55. The van der Waals surface area contributed by atoms with Crippen LogP contribution < -0.4 is 0 Å². The Balaban J connectivity index is 1.35. The van der Waals surface area contributed by atoms with Crippen LogP contribution >= 0.6 is 0 Å². The molecule has 1 aliphatic carbocycles. The van der Waals surface area contributed by atoms with Crippen molar-refractivity contribution in [3.63, 3.8) is 0 Å². The van der Waals surface area contributed by atoms with Gasteiger partial charge in [0.25, 0.3) is 0 Å². The number of carbonyl (C=O) groups is 1. The number of amides is 1. The van der Waals surface area contributed by atoms with E-state index in [4.69, 9.17) is 4.74 Å². The lowest BCUT2D eigenvalue weighted by Crippen LogP contribution is -2.51. The Morgan fingerprint density at radius 1 is 1.00 bits per heavy atom. The third-order valence-corrected chi connectivity index (χ3v) is 6.81. The summed E-state index contributed by atoms with van der Waals surface area (Å²) < 4.78 is 5.88. The van der Waals surface area contributed by atoms with Crippen LogP contribution in [0.25, 0.3) is 0 Å². The molecule has 0 radical (unpaired) electrons. The van der Waals surface area contributed by atoms with E-state index in [2.05, 4.69) is 42.4 Å². The predicted octanol–water partition coefficient (Wildman–Crippen LogP) is 2.85. The third-order valence-electron chi connectivity index (χ3n) is 6.81. The SMILES string of the molecule is CC(C)OCC1(CN2CCN(C(=O)CC3CCN(C(C)C)CC3)CC2)CC1. The molecule has 5 nitrogen and oxygen atoms in total. The fourth-order valence-corrected chi connectivity index (χ4v) is 4.55. The molecule has 3 aliphatic rings. The summed E-state index contributed by atoms with van der Waals surface area (Å²) in [6, 6.07) is 0.635. The first-order valence-corrected chi connectivity index (χ1v) is 11.2. The summed E-state index contributed by atoms with van der Waals surface area (Å²) in [5.41, 5.74) is 0.404. The van der Waals surface area contributed by atoms with Crippen LogP contribution in [0.1, 0.15) is 59.8 Å². The smallest absolute Gasteiger partial charge is 0.222 e. The zero-order valence-corrected chi connectivity index (χ0v) is 18.1. The van der Waals surface area contributed by atoms with E-state index in [-0.39, 0.29) is 0 Å². The van der Waals surface area contributed by atoms with Gasteiger partial charge < -0.3 is 14.5 Å². The van der Waals surface area contributed by atoms with Crippen LogP contribution in [0.2, 0.25) is 0 Å². The van der Waals surface area contributed by atoms with E-state index in [0.717, 1.165) is 58.8 Å². The minimum Gasteiger partial charge on any atom is -0.378 e. The molecule has 156 valence electrons. The molecule has 0 aromatic carbocycles. The maximum Gasteiger partial charge on any atom is 0.222 e. The second-order valence-corrected chi connectivity index (χ2v) is 9.79. The molecular formula is C22H41N3O2. The van der Waals surface area contributed by atoms with Gasteiger partial charge in [-0.1, -0.05) is 0 Å². The lowest BCUT2D eigenvalue weighted by molar-refractivity contribution is -0.134. The summed E-state index contributed by atoms with van der Waals surface area (Å²) >= 11 is 0. The number of hydrogen-bond donors (Lipinski definition) is 0. The molecule has 27 heavy (non-hydrogen) atoms. The van der Waals surface area contributed by atoms with E-state index >= 15 is 0 Å². The summed E-state index contributed by atoms with van der Waals surface area (Å²) in [4.78, 5) is 20.0. The van der Waals surface area contributed by atoms with Gasteiger partial charge in [-0.2, -0.15) is 0 Å². The zero-order valence-electron chi connectivity index (χ0n) is 18.1. The Morgan fingerprint density at radius 3 is 2.15 bits per heavy atom. The van der Waals surface area contributed by atoms with Crippen molar-refractivity contribution in [2.45, 2.75) is 71.9 Å². The normalized spacial score (nSPS) is 24.7. The molecule has 0 bridgehead atoms. The highest BCUT2D eigenvalue weighted by Crippen LogP contribution is 2.46. The van der Waals surface area contributed by atoms with Gasteiger partial charge in [-0.25, -0.2) is 0 Å². The van der Waals surface area contributed by atoms with Crippen LogP contribution in [-0.4, -0.2) is 85.2 Å². The van der Waals surface area contributed by atoms with E-state index < -0.39 is 0 Å². The Kier molecular flexibility index (Phi) is 7.20. The molecule has 3 rings (SSSR count). The molecule has 0 atom stereocenters. The molecule has 1 amide bonds. The molecule has 0 aromatic rings. The van der Waals surface area contributed by atoms with Gasteiger partial charge >= 0.3 is 0 Å².